The van der Waals surface area contributed by atoms with Crippen molar-refractivity contribution in [2.45, 2.75) is 32.2 Å². The molecule has 2 rings (SSSR count). The Hall–Kier alpha value is -1.75. The Morgan fingerprint density at radius 2 is 2.00 bits per heavy atom. The van der Waals surface area contributed by atoms with Crippen LogP contribution in [0.25, 0.3) is 0 Å². The van der Waals surface area contributed by atoms with E-state index in [1.807, 2.05) is 19.1 Å². The first-order chi connectivity index (χ1) is 9.92. The number of amides is 1. The maximum absolute atomic E-state index is 12.8. The van der Waals surface area contributed by atoms with Gasteiger partial charge >= 0.3 is 0 Å². The van der Waals surface area contributed by atoms with Crippen molar-refractivity contribution in [3.63, 3.8) is 0 Å². The fourth-order valence-corrected chi connectivity index (χ4v) is 2.81. The second kappa shape index (κ2) is 5.93. The quantitative estimate of drug-likeness (QED) is 0.388. The zero-order chi connectivity index (χ0) is 15.6. The second-order valence-electron chi connectivity index (χ2n) is 5.56. The van der Waals surface area contributed by atoms with Crippen LogP contribution in [0.1, 0.15) is 37.8 Å². The minimum atomic E-state index is -0.843. The molecule has 1 aromatic carbocycles. The van der Waals surface area contributed by atoms with Gasteiger partial charge < -0.3 is 15.8 Å². The van der Waals surface area contributed by atoms with Gasteiger partial charge in [-0.3, -0.25) is 4.79 Å². The molecule has 114 valence electrons. The molecule has 0 heterocycles. The second-order valence-corrected chi connectivity index (χ2v) is 6.00. The van der Waals surface area contributed by atoms with Crippen LogP contribution in [-0.4, -0.2) is 28.9 Å². The Bertz CT molecular complexity index is 553. The summed E-state index contributed by atoms with van der Waals surface area (Å²) in [7, 11) is 1.74. The molecule has 0 radical (unpaired) electrons. The molecule has 3 N–H and O–H groups in total. The number of nitrogens with zero attached hydrogens (tertiary/aromatic N) is 2. The van der Waals surface area contributed by atoms with Crippen molar-refractivity contribution in [3.8, 4) is 0 Å². The van der Waals surface area contributed by atoms with E-state index in [1.54, 1.807) is 24.1 Å². The average molecular weight is 310 g/mol. The summed E-state index contributed by atoms with van der Waals surface area (Å²) in [6, 6.07) is 7.28. The molecule has 1 unspecified atom stereocenters. The predicted molar refractivity (Wildman–Crippen MR) is 82.3 cm³/mol. The summed E-state index contributed by atoms with van der Waals surface area (Å²) in [6.45, 7) is 1.94. The number of hydrogen-bond donors (Lipinski definition) is 2. The average Bonchev–Trinajstić information content (AvgIpc) is 2.45. The molecule has 1 saturated carbocycles. The third-order valence-electron chi connectivity index (χ3n) is 4.47. The number of carbonyl (C=O) groups excluding carboxylic acids is 1. The molecule has 6 heteroatoms. The molecule has 1 aliphatic carbocycles. The minimum absolute atomic E-state index is 0.00825. The van der Waals surface area contributed by atoms with E-state index in [0.29, 0.717) is 17.9 Å². The van der Waals surface area contributed by atoms with Crippen molar-refractivity contribution >= 4 is 23.3 Å². The van der Waals surface area contributed by atoms with E-state index in [0.717, 1.165) is 12.0 Å². The van der Waals surface area contributed by atoms with Crippen LogP contribution >= 0.6 is 11.6 Å². The van der Waals surface area contributed by atoms with Gasteiger partial charge in [-0.25, -0.2) is 0 Å². The van der Waals surface area contributed by atoms with Crippen LogP contribution in [0, 0.1) is 5.41 Å². The SMILES string of the molecule is CC(c1ccc(Cl)cc1)N(C)C(=O)C1(/C(N)=N/O)CCC1. The molecular weight excluding hydrogens is 290 g/mol. The normalized spacial score (nSPS) is 18.7. The number of hydrogen-bond acceptors (Lipinski definition) is 3. The predicted octanol–water partition coefficient (Wildman–Crippen LogP) is 2.78. The molecule has 0 aliphatic heterocycles. The van der Waals surface area contributed by atoms with E-state index in [-0.39, 0.29) is 17.8 Å². The standard InChI is InChI=1S/C15H20ClN3O2/c1-10(11-4-6-12(16)7-5-11)19(2)14(20)15(8-3-9-15)13(17)18-21/h4-7,10,21H,3,8-9H2,1-2H3,(H2,17,18). The number of oxime groups is 1. The highest BCUT2D eigenvalue weighted by molar-refractivity contribution is 6.30. The van der Waals surface area contributed by atoms with Gasteiger partial charge in [0.2, 0.25) is 5.91 Å². The van der Waals surface area contributed by atoms with Crippen molar-refractivity contribution in [3.05, 3.63) is 34.9 Å². The Kier molecular flexibility index (Phi) is 4.42. The van der Waals surface area contributed by atoms with Gasteiger partial charge in [-0.2, -0.15) is 0 Å². The Morgan fingerprint density at radius 3 is 2.43 bits per heavy atom. The van der Waals surface area contributed by atoms with Crippen LogP contribution in [0.15, 0.2) is 29.4 Å². The maximum atomic E-state index is 12.8. The van der Waals surface area contributed by atoms with Crippen LogP contribution < -0.4 is 5.73 Å². The summed E-state index contributed by atoms with van der Waals surface area (Å²) in [5, 5.41) is 12.6. The van der Waals surface area contributed by atoms with E-state index >= 15 is 0 Å². The van der Waals surface area contributed by atoms with Gasteiger partial charge in [0.1, 0.15) is 5.41 Å². The van der Waals surface area contributed by atoms with Crippen molar-refractivity contribution in [1.82, 2.24) is 4.90 Å². The van der Waals surface area contributed by atoms with Gasteiger partial charge in [0.05, 0.1) is 6.04 Å². The molecule has 1 atom stereocenters. The molecule has 1 amide bonds. The number of rotatable bonds is 4. The van der Waals surface area contributed by atoms with E-state index in [4.69, 9.17) is 22.5 Å². The third-order valence-corrected chi connectivity index (χ3v) is 4.72. The summed E-state index contributed by atoms with van der Waals surface area (Å²) in [5.41, 5.74) is 5.89. The lowest BCUT2D eigenvalue weighted by molar-refractivity contribution is -0.142. The number of carbonyl (C=O) groups is 1. The maximum Gasteiger partial charge on any atom is 0.236 e. The zero-order valence-electron chi connectivity index (χ0n) is 12.2. The Morgan fingerprint density at radius 1 is 1.43 bits per heavy atom. The van der Waals surface area contributed by atoms with Crippen LogP contribution in [0.3, 0.4) is 0 Å². The lowest BCUT2D eigenvalue weighted by atomic mass is 9.66. The van der Waals surface area contributed by atoms with Crippen molar-refractivity contribution in [2.75, 3.05) is 7.05 Å². The summed E-state index contributed by atoms with van der Waals surface area (Å²) in [6.07, 6.45) is 2.16. The zero-order valence-corrected chi connectivity index (χ0v) is 13.0. The summed E-state index contributed by atoms with van der Waals surface area (Å²) in [5.74, 6) is -0.0968. The lowest BCUT2D eigenvalue weighted by Gasteiger charge is -2.42. The molecule has 1 fully saturated rings. The Balaban J connectivity index is 2.20. The van der Waals surface area contributed by atoms with E-state index < -0.39 is 5.41 Å². The highest BCUT2D eigenvalue weighted by Crippen LogP contribution is 2.43. The van der Waals surface area contributed by atoms with E-state index in [9.17, 15) is 4.79 Å². The van der Waals surface area contributed by atoms with Crippen molar-refractivity contribution in [2.24, 2.45) is 16.3 Å². The minimum Gasteiger partial charge on any atom is -0.409 e. The molecular formula is C15H20ClN3O2. The molecule has 21 heavy (non-hydrogen) atoms. The Labute approximate surface area is 129 Å². The summed E-state index contributed by atoms with van der Waals surface area (Å²) in [4.78, 5) is 14.4. The molecule has 0 aromatic heterocycles. The topological polar surface area (TPSA) is 78.9 Å². The van der Waals surface area contributed by atoms with Crippen LogP contribution in [0.2, 0.25) is 5.02 Å². The van der Waals surface area contributed by atoms with Gasteiger partial charge in [-0.15, -0.1) is 0 Å². The number of halogens is 1. The first kappa shape index (κ1) is 15.6. The molecule has 0 spiro atoms. The van der Waals surface area contributed by atoms with Crippen molar-refractivity contribution in [1.29, 1.82) is 0 Å². The smallest absolute Gasteiger partial charge is 0.236 e. The highest BCUT2D eigenvalue weighted by Gasteiger charge is 2.50. The molecule has 1 aromatic rings. The molecule has 1 aliphatic rings. The van der Waals surface area contributed by atoms with Gasteiger partial charge in [0.25, 0.3) is 0 Å². The van der Waals surface area contributed by atoms with Gasteiger partial charge in [-0.05, 0) is 37.5 Å². The number of benzene rings is 1. The first-order valence-corrected chi connectivity index (χ1v) is 7.31. The van der Waals surface area contributed by atoms with Gasteiger partial charge in [-0.1, -0.05) is 35.3 Å². The third kappa shape index (κ3) is 2.70. The van der Waals surface area contributed by atoms with Gasteiger partial charge in [0, 0.05) is 12.1 Å². The highest BCUT2D eigenvalue weighted by atomic mass is 35.5. The van der Waals surface area contributed by atoms with Crippen LogP contribution in [-0.2, 0) is 4.79 Å². The molecule has 0 bridgehead atoms. The molecule has 0 saturated heterocycles. The van der Waals surface area contributed by atoms with Crippen LogP contribution in [0.4, 0.5) is 0 Å². The fraction of sp³-hybridized carbons (Fsp3) is 0.467. The molecule has 5 nitrogen and oxygen atoms in total. The summed E-state index contributed by atoms with van der Waals surface area (Å²) >= 11 is 5.88. The van der Waals surface area contributed by atoms with E-state index in [1.165, 1.54) is 0 Å². The largest absolute Gasteiger partial charge is 0.409 e. The first-order valence-electron chi connectivity index (χ1n) is 6.93. The van der Waals surface area contributed by atoms with Gasteiger partial charge in [0.15, 0.2) is 5.84 Å². The summed E-state index contributed by atoms with van der Waals surface area (Å²) < 4.78 is 0. The van der Waals surface area contributed by atoms with Crippen LogP contribution in [0.5, 0.6) is 0 Å². The number of nitrogens with two attached hydrogens (primary N) is 1. The lowest BCUT2D eigenvalue weighted by Crippen LogP contribution is -2.54. The number of amidine groups is 1. The van der Waals surface area contributed by atoms with Crippen molar-refractivity contribution < 1.29 is 10.0 Å². The van der Waals surface area contributed by atoms with E-state index in [2.05, 4.69) is 5.16 Å². The fourth-order valence-electron chi connectivity index (χ4n) is 2.68. The monoisotopic (exact) mass is 309 g/mol.